The minimum Gasteiger partial charge on any atom is -0.481 e. The molecule has 2 nitrogen and oxygen atoms in total. The molecule has 5 aliphatic rings. The predicted molar refractivity (Wildman–Crippen MR) is 127 cm³/mol. The number of carbonyl (C=O) groups is 1. The number of fused-ring (bicyclic) bond motifs is 7. The van der Waals surface area contributed by atoms with Gasteiger partial charge < -0.3 is 5.11 Å². The van der Waals surface area contributed by atoms with Crippen LogP contribution in [0.2, 0.25) is 0 Å². The van der Waals surface area contributed by atoms with Gasteiger partial charge in [0.25, 0.3) is 0 Å². The highest BCUT2D eigenvalue weighted by Crippen LogP contribution is 2.74. The first-order valence-electron chi connectivity index (χ1n) is 13.5. The quantitative estimate of drug-likeness (QED) is 0.436. The van der Waals surface area contributed by atoms with Crippen molar-refractivity contribution in [3.63, 3.8) is 0 Å². The zero-order valence-electron chi connectivity index (χ0n) is 21.0. The summed E-state index contributed by atoms with van der Waals surface area (Å²) in [7, 11) is 0. The molecule has 10 unspecified atom stereocenters. The Balaban J connectivity index is 1.62. The molecule has 0 aromatic rings. The van der Waals surface area contributed by atoms with Crippen molar-refractivity contribution in [2.24, 2.45) is 57.2 Å². The second-order valence-electron chi connectivity index (χ2n) is 13.5. The number of allylic oxidation sites excluding steroid dienone is 2. The van der Waals surface area contributed by atoms with Crippen molar-refractivity contribution in [2.45, 2.75) is 106 Å². The van der Waals surface area contributed by atoms with Crippen molar-refractivity contribution < 1.29 is 9.90 Å². The zero-order chi connectivity index (χ0) is 22.4. The molecule has 4 saturated carbocycles. The number of rotatable bonds is 1. The van der Waals surface area contributed by atoms with Crippen LogP contribution in [-0.4, -0.2) is 11.1 Å². The Morgan fingerprint density at radius 1 is 0.935 bits per heavy atom. The van der Waals surface area contributed by atoms with Gasteiger partial charge in [-0.1, -0.05) is 66.0 Å². The molecule has 0 radical (unpaired) electrons. The Morgan fingerprint density at radius 3 is 2.39 bits per heavy atom. The van der Waals surface area contributed by atoms with Crippen LogP contribution in [0.15, 0.2) is 11.6 Å². The van der Waals surface area contributed by atoms with Crippen molar-refractivity contribution in [2.75, 3.05) is 0 Å². The average Bonchev–Trinajstić information content (AvgIpc) is 2.71. The van der Waals surface area contributed by atoms with Crippen LogP contribution < -0.4 is 0 Å². The molecule has 0 heterocycles. The van der Waals surface area contributed by atoms with E-state index in [-0.39, 0.29) is 11.3 Å². The third-order valence-electron chi connectivity index (χ3n) is 12.8. The van der Waals surface area contributed by atoms with E-state index in [4.69, 9.17) is 0 Å². The van der Waals surface area contributed by atoms with Crippen molar-refractivity contribution in [1.82, 2.24) is 0 Å². The van der Waals surface area contributed by atoms with Gasteiger partial charge >= 0.3 is 5.97 Å². The van der Waals surface area contributed by atoms with Gasteiger partial charge in [-0.2, -0.15) is 0 Å². The Kier molecular flexibility index (Phi) is 4.87. The number of hydrogen-bond donors (Lipinski definition) is 1. The first-order valence-corrected chi connectivity index (χ1v) is 13.5. The molecule has 0 spiro atoms. The average molecular weight is 427 g/mol. The van der Waals surface area contributed by atoms with Crippen LogP contribution in [0.4, 0.5) is 0 Å². The summed E-state index contributed by atoms with van der Waals surface area (Å²) in [6, 6.07) is 0. The van der Waals surface area contributed by atoms with Crippen molar-refractivity contribution >= 4 is 5.97 Å². The van der Waals surface area contributed by atoms with Gasteiger partial charge in [0.1, 0.15) is 0 Å². The number of carboxylic acids is 1. The van der Waals surface area contributed by atoms with E-state index in [1.165, 1.54) is 38.5 Å². The van der Waals surface area contributed by atoms with Gasteiger partial charge in [0.05, 0.1) is 5.41 Å². The fourth-order valence-corrected chi connectivity index (χ4v) is 10.6. The molecule has 5 aliphatic carbocycles. The van der Waals surface area contributed by atoms with E-state index in [1.807, 2.05) is 0 Å². The first-order chi connectivity index (χ1) is 14.5. The third-order valence-corrected chi connectivity index (χ3v) is 12.8. The van der Waals surface area contributed by atoms with Crippen LogP contribution in [-0.2, 0) is 4.79 Å². The van der Waals surface area contributed by atoms with E-state index in [2.05, 4.69) is 47.6 Å². The molecule has 0 bridgehead atoms. The molecule has 0 saturated heterocycles. The summed E-state index contributed by atoms with van der Waals surface area (Å²) in [5.41, 5.74) is 2.00. The van der Waals surface area contributed by atoms with E-state index in [0.29, 0.717) is 22.7 Å². The zero-order valence-corrected chi connectivity index (χ0v) is 21.0. The highest BCUT2D eigenvalue weighted by molar-refractivity contribution is 5.76. The largest absolute Gasteiger partial charge is 0.481 e. The van der Waals surface area contributed by atoms with Gasteiger partial charge in [-0.15, -0.1) is 0 Å². The summed E-state index contributed by atoms with van der Waals surface area (Å²) >= 11 is 0. The monoisotopic (exact) mass is 426 g/mol. The molecule has 0 aromatic carbocycles. The molecule has 2 heteroatoms. The van der Waals surface area contributed by atoms with Crippen molar-refractivity contribution in [1.29, 1.82) is 0 Å². The molecule has 174 valence electrons. The van der Waals surface area contributed by atoms with Crippen molar-refractivity contribution in [3.8, 4) is 0 Å². The standard InChI is InChI=1S/C29H46O2/c1-18-11-15-29(25(30)31)17-16-27(5)22(24(29)20(18)3)9-10-23-26(4)13-7-8-19(2)21(26)12-14-28(23,27)6/h9,18-21,23-24H,7-8,10-17H2,1-6H3,(H,30,31). The van der Waals surface area contributed by atoms with Gasteiger partial charge in [-0.3, -0.25) is 4.79 Å². The second kappa shape index (κ2) is 6.86. The highest BCUT2D eigenvalue weighted by atomic mass is 16.4. The lowest BCUT2D eigenvalue weighted by Gasteiger charge is -2.70. The maximum absolute atomic E-state index is 12.8. The molecule has 0 aliphatic heterocycles. The van der Waals surface area contributed by atoms with E-state index >= 15 is 0 Å². The molecule has 1 N–H and O–H groups in total. The lowest BCUT2D eigenvalue weighted by atomic mass is 9.34. The summed E-state index contributed by atoms with van der Waals surface area (Å²) in [6.45, 7) is 15.1. The number of hydrogen-bond acceptors (Lipinski definition) is 1. The van der Waals surface area contributed by atoms with E-state index in [0.717, 1.165) is 43.4 Å². The molecule has 5 rings (SSSR count). The lowest BCUT2D eigenvalue weighted by molar-refractivity contribution is -0.181. The molecular weight excluding hydrogens is 380 g/mol. The lowest BCUT2D eigenvalue weighted by Crippen LogP contribution is -2.63. The van der Waals surface area contributed by atoms with Gasteiger partial charge in [-0.25, -0.2) is 0 Å². The minimum absolute atomic E-state index is 0.166. The topological polar surface area (TPSA) is 37.3 Å². The van der Waals surface area contributed by atoms with Crippen LogP contribution in [0.25, 0.3) is 0 Å². The molecule has 0 aromatic heterocycles. The summed E-state index contributed by atoms with van der Waals surface area (Å²) in [5, 5.41) is 10.5. The fourth-order valence-electron chi connectivity index (χ4n) is 10.6. The van der Waals surface area contributed by atoms with Crippen LogP contribution in [0.5, 0.6) is 0 Å². The maximum atomic E-state index is 12.8. The van der Waals surface area contributed by atoms with Gasteiger partial charge in [0, 0.05) is 0 Å². The Labute approximate surface area is 190 Å². The summed E-state index contributed by atoms with van der Waals surface area (Å²) in [6.07, 6.45) is 14.7. The molecular formula is C29H46O2. The van der Waals surface area contributed by atoms with Gasteiger partial charge in [0.2, 0.25) is 0 Å². The minimum atomic E-state index is -0.513. The van der Waals surface area contributed by atoms with E-state index < -0.39 is 11.4 Å². The SMILES string of the molecule is CC1CCC2(C(=O)O)CCC3(C)C(=CCC4C5(C)CCCC(C)C5CCC43C)C2C1C. The van der Waals surface area contributed by atoms with Crippen LogP contribution in [0.1, 0.15) is 106 Å². The number of carboxylic acid groups (broad SMARTS) is 1. The second-order valence-corrected chi connectivity index (χ2v) is 13.5. The van der Waals surface area contributed by atoms with Gasteiger partial charge in [0.15, 0.2) is 0 Å². The van der Waals surface area contributed by atoms with E-state index in [1.54, 1.807) is 5.57 Å². The van der Waals surface area contributed by atoms with Crippen LogP contribution >= 0.6 is 0 Å². The summed E-state index contributed by atoms with van der Waals surface area (Å²) < 4.78 is 0. The smallest absolute Gasteiger partial charge is 0.310 e. The number of aliphatic carboxylic acids is 1. The molecule has 31 heavy (non-hydrogen) atoms. The van der Waals surface area contributed by atoms with Gasteiger partial charge in [-0.05, 0) is 103 Å². The Bertz CT molecular complexity index is 799. The molecule has 0 amide bonds. The Morgan fingerprint density at radius 2 is 1.68 bits per heavy atom. The normalized spacial score (nSPS) is 56.4. The summed E-state index contributed by atoms with van der Waals surface area (Å²) in [4.78, 5) is 12.8. The van der Waals surface area contributed by atoms with Crippen molar-refractivity contribution in [3.05, 3.63) is 11.6 Å². The highest BCUT2D eigenvalue weighted by Gasteiger charge is 2.68. The maximum Gasteiger partial charge on any atom is 0.310 e. The molecule has 10 atom stereocenters. The van der Waals surface area contributed by atoms with Crippen LogP contribution in [0, 0.1) is 57.2 Å². The Hall–Kier alpha value is -0.790. The molecule has 4 fully saturated rings. The summed E-state index contributed by atoms with van der Waals surface area (Å²) in [5.74, 6) is 3.32. The predicted octanol–water partition coefficient (Wildman–Crippen LogP) is 7.73. The first kappa shape index (κ1) is 22.0. The fraction of sp³-hybridized carbons (Fsp3) is 0.897. The third kappa shape index (κ3) is 2.60. The van der Waals surface area contributed by atoms with Crippen LogP contribution in [0.3, 0.4) is 0 Å². The van der Waals surface area contributed by atoms with E-state index in [9.17, 15) is 9.90 Å².